The summed E-state index contributed by atoms with van der Waals surface area (Å²) >= 11 is 6.27. The van der Waals surface area contributed by atoms with Gasteiger partial charge in [0.05, 0.1) is 17.0 Å². The number of anilines is 2. The Kier molecular flexibility index (Phi) is 7.59. The highest BCUT2D eigenvalue weighted by Crippen LogP contribution is 2.26. The quantitative estimate of drug-likeness (QED) is 0.478. The SMILES string of the molecule is O=C(Nc1ccc(NC(=O)c2ccco2)c(Cl)c1)NC1CCN(CCc2ccncc2)CC1. The van der Waals surface area contributed by atoms with Gasteiger partial charge >= 0.3 is 6.03 Å². The van der Waals surface area contributed by atoms with Crippen molar-refractivity contribution in [2.45, 2.75) is 25.3 Å². The number of likely N-dealkylation sites (tertiary alicyclic amines) is 1. The monoisotopic (exact) mass is 467 g/mol. The van der Waals surface area contributed by atoms with E-state index in [1.54, 1.807) is 30.3 Å². The maximum Gasteiger partial charge on any atom is 0.319 e. The van der Waals surface area contributed by atoms with Crippen molar-refractivity contribution in [3.63, 3.8) is 0 Å². The zero-order valence-corrected chi connectivity index (χ0v) is 18.8. The van der Waals surface area contributed by atoms with Gasteiger partial charge in [0, 0.05) is 43.8 Å². The third-order valence-electron chi connectivity index (χ3n) is 5.61. The number of piperidine rings is 1. The van der Waals surface area contributed by atoms with E-state index in [0.717, 1.165) is 38.9 Å². The van der Waals surface area contributed by atoms with Crippen LogP contribution < -0.4 is 16.0 Å². The summed E-state index contributed by atoms with van der Waals surface area (Å²) in [5.74, 6) is -0.205. The smallest absolute Gasteiger partial charge is 0.319 e. The normalized spacial score (nSPS) is 14.6. The maximum atomic E-state index is 12.4. The van der Waals surface area contributed by atoms with Crippen molar-refractivity contribution in [1.29, 1.82) is 0 Å². The van der Waals surface area contributed by atoms with Crippen LogP contribution in [0.3, 0.4) is 0 Å². The number of rotatable bonds is 7. The van der Waals surface area contributed by atoms with Crippen LogP contribution in [0.1, 0.15) is 29.0 Å². The zero-order valence-electron chi connectivity index (χ0n) is 18.1. The van der Waals surface area contributed by atoms with Gasteiger partial charge in [-0.15, -0.1) is 0 Å². The van der Waals surface area contributed by atoms with Gasteiger partial charge in [-0.1, -0.05) is 11.6 Å². The molecule has 0 radical (unpaired) electrons. The highest BCUT2D eigenvalue weighted by molar-refractivity contribution is 6.34. The predicted molar refractivity (Wildman–Crippen MR) is 128 cm³/mol. The van der Waals surface area contributed by atoms with Gasteiger partial charge < -0.3 is 25.3 Å². The number of nitrogens with one attached hydrogen (secondary N) is 3. The van der Waals surface area contributed by atoms with Crippen LogP contribution in [-0.4, -0.2) is 47.5 Å². The van der Waals surface area contributed by atoms with E-state index in [9.17, 15) is 9.59 Å². The molecule has 3 heterocycles. The molecule has 1 saturated heterocycles. The first kappa shape index (κ1) is 22.8. The molecule has 0 bridgehead atoms. The largest absolute Gasteiger partial charge is 0.459 e. The van der Waals surface area contributed by atoms with Crippen molar-refractivity contribution in [2.24, 2.45) is 0 Å². The number of nitrogens with zero attached hydrogens (tertiary/aromatic N) is 2. The Hall–Kier alpha value is -3.36. The first-order valence-electron chi connectivity index (χ1n) is 10.9. The van der Waals surface area contributed by atoms with Crippen molar-refractivity contribution >= 4 is 34.9 Å². The van der Waals surface area contributed by atoms with Crippen molar-refractivity contribution in [3.05, 3.63) is 77.5 Å². The lowest BCUT2D eigenvalue weighted by atomic mass is 10.0. The van der Waals surface area contributed by atoms with Crippen molar-refractivity contribution in [3.8, 4) is 0 Å². The molecule has 172 valence electrons. The minimum Gasteiger partial charge on any atom is -0.459 e. The number of benzene rings is 1. The van der Waals surface area contributed by atoms with Crippen LogP contribution in [0.5, 0.6) is 0 Å². The molecule has 0 spiro atoms. The van der Waals surface area contributed by atoms with Crippen LogP contribution >= 0.6 is 11.6 Å². The second kappa shape index (κ2) is 11.0. The molecule has 0 unspecified atom stereocenters. The lowest BCUT2D eigenvalue weighted by molar-refractivity contribution is 0.0996. The molecule has 0 aliphatic carbocycles. The fraction of sp³-hybridized carbons (Fsp3) is 0.292. The summed E-state index contributed by atoms with van der Waals surface area (Å²) in [4.78, 5) is 31.0. The Bertz CT molecular complexity index is 1070. The number of hydrogen-bond donors (Lipinski definition) is 3. The maximum absolute atomic E-state index is 12.4. The molecule has 3 amide bonds. The van der Waals surface area contributed by atoms with E-state index in [4.69, 9.17) is 16.0 Å². The number of amides is 3. The molecule has 3 N–H and O–H groups in total. The summed E-state index contributed by atoms with van der Waals surface area (Å²) in [5.41, 5.74) is 2.27. The highest BCUT2D eigenvalue weighted by Gasteiger charge is 2.20. The summed E-state index contributed by atoms with van der Waals surface area (Å²) in [5, 5.41) is 8.85. The number of carbonyl (C=O) groups is 2. The molecule has 1 aliphatic rings. The van der Waals surface area contributed by atoms with Crippen molar-refractivity contribution < 1.29 is 14.0 Å². The Morgan fingerprint density at radius 2 is 1.88 bits per heavy atom. The first-order valence-corrected chi connectivity index (χ1v) is 11.3. The molecule has 0 saturated carbocycles. The second-order valence-electron chi connectivity index (χ2n) is 7.95. The Morgan fingerprint density at radius 1 is 1.09 bits per heavy atom. The molecular weight excluding hydrogens is 442 g/mol. The summed E-state index contributed by atoms with van der Waals surface area (Å²) in [6.07, 6.45) is 7.88. The van der Waals surface area contributed by atoms with Gasteiger partial charge in [0.25, 0.3) is 5.91 Å². The minimum absolute atomic E-state index is 0.129. The van der Waals surface area contributed by atoms with Crippen LogP contribution in [0.2, 0.25) is 5.02 Å². The second-order valence-corrected chi connectivity index (χ2v) is 8.35. The van der Waals surface area contributed by atoms with Gasteiger partial charge in [-0.2, -0.15) is 0 Å². The molecule has 3 aromatic rings. The average molecular weight is 468 g/mol. The van der Waals surface area contributed by atoms with Crippen molar-refractivity contribution in [1.82, 2.24) is 15.2 Å². The van der Waals surface area contributed by atoms with Gasteiger partial charge in [0.2, 0.25) is 0 Å². The summed E-state index contributed by atoms with van der Waals surface area (Å²) in [6.45, 7) is 2.90. The van der Waals surface area contributed by atoms with Crippen LogP contribution in [0, 0.1) is 0 Å². The Balaban J connectivity index is 1.20. The van der Waals surface area contributed by atoms with E-state index >= 15 is 0 Å². The predicted octanol–water partition coefficient (Wildman–Crippen LogP) is 4.41. The Morgan fingerprint density at radius 3 is 2.58 bits per heavy atom. The topological polar surface area (TPSA) is 99.5 Å². The molecule has 33 heavy (non-hydrogen) atoms. The number of carbonyl (C=O) groups excluding carboxylic acids is 2. The van der Waals surface area contributed by atoms with E-state index in [2.05, 4.69) is 25.8 Å². The van der Waals surface area contributed by atoms with E-state index in [0.29, 0.717) is 16.4 Å². The minimum atomic E-state index is -0.396. The molecule has 1 aliphatic heterocycles. The van der Waals surface area contributed by atoms with E-state index < -0.39 is 5.91 Å². The molecule has 4 rings (SSSR count). The molecule has 1 fully saturated rings. The van der Waals surface area contributed by atoms with Gasteiger partial charge in [0.1, 0.15) is 0 Å². The average Bonchev–Trinajstić information content (AvgIpc) is 3.36. The fourth-order valence-corrected chi connectivity index (χ4v) is 4.00. The lowest BCUT2D eigenvalue weighted by Gasteiger charge is -2.32. The first-order chi connectivity index (χ1) is 16.1. The molecule has 8 nitrogen and oxygen atoms in total. The standard InChI is InChI=1S/C24H26ClN5O3/c25-20-16-19(3-4-21(20)29-23(31)22-2-1-15-33-22)28-24(32)27-18-8-13-30(14-9-18)12-7-17-5-10-26-11-6-17/h1-6,10-11,15-16,18H,7-9,12-14H2,(H,29,31)(H2,27,28,32). The summed E-state index contributed by atoms with van der Waals surface area (Å²) < 4.78 is 5.07. The number of furan rings is 1. The van der Waals surface area contributed by atoms with Crippen LogP contribution in [0.25, 0.3) is 0 Å². The number of halogens is 1. The molecule has 2 aromatic heterocycles. The number of urea groups is 1. The van der Waals surface area contributed by atoms with E-state index in [-0.39, 0.29) is 17.8 Å². The van der Waals surface area contributed by atoms with E-state index in [1.807, 2.05) is 24.5 Å². The van der Waals surface area contributed by atoms with Gasteiger partial charge in [-0.05, 0) is 67.3 Å². The number of aromatic nitrogens is 1. The Labute approximate surface area is 197 Å². The molecule has 9 heteroatoms. The lowest BCUT2D eigenvalue weighted by Crippen LogP contribution is -2.46. The molecule has 1 aromatic carbocycles. The number of hydrogen-bond acceptors (Lipinski definition) is 5. The van der Waals surface area contributed by atoms with Gasteiger partial charge in [-0.3, -0.25) is 9.78 Å². The van der Waals surface area contributed by atoms with Crippen LogP contribution in [0.15, 0.2) is 65.5 Å². The van der Waals surface area contributed by atoms with Crippen LogP contribution in [0.4, 0.5) is 16.2 Å². The molecule has 0 atom stereocenters. The summed E-state index contributed by atoms with van der Waals surface area (Å²) in [6, 6.07) is 12.1. The van der Waals surface area contributed by atoms with Gasteiger partial charge in [0.15, 0.2) is 5.76 Å². The summed E-state index contributed by atoms with van der Waals surface area (Å²) in [7, 11) is 0. The number of pyridine rings is 1. The van der Waals surface area contributed by atoms with Crippen molar-refractivity contribution in [2.75, 3.05) is 30.3 Å². The van der Waals surface area contributed by atoms with Gasteiger partial charge in [-0.25, -0.2) is 4.79 Å². The third kappa shape index (κ3) is 6.57. The van der Waals surface area contributed by atoms with Crippen LogP contribution in [-0.2, 0) is 6.42 Å². The molecular formula is C24H26ClN5O3. The zero-order chi connectivity index (χ0) is 23.0. The highest BCUT2D eigenvalue weighted by atomic mass is 35.5. The van der Waals surface area contributed by atoms with E-state index in [1.165, 1.54) is 11.8 Å². The third-order valence-corrected chi connectivity index (χ3v) is 5.92. The fourth-order valence-electron chi connectivity index (χ4n) is 3.78.